The van der Waals surface area contributed by atoms with Crippen molar-refractivity contribution in [2.24, 2.45) is 0 Å². The van der Waals surface area contributed by atoms with Crippen molar-refractivity contribution in [3.8, 4) is 0 Å². The smallest absolute Gasteiger partial charge is 0.234 e. The van der Waals surface area contributed by atoms with Crippen LogP contribution >= 0.6 is 27.7 Å². The second kappa shape index (κ2) is 9.70. The van der Waals surface area contributed by atoms with Gasteiger partial charge in [-0.3, -0.25) is 9.36 Å². The van der Waals surface area contributed by atoms with E-state index in [9.17, 15) is 4.79 Å². The van der Waals surface area contributed by atoms with E-state index in [2.05, 4.69) is 36.3 Å². The number of nitrogens with one attached hydrogen (secondary N) is 1. The number of furan rings is 1. The number of carbonyl (C=O) groups is 1. The molecule has 0 radical (unpaired) electrons. The van der Waals surface area contributed by atoms with Crippen LogP contribution in [0.2, 0.25) is 0 Å². The largest absolute Gasteiger partial charge is 0.467 e. The SMILES string of the molecule is Cc1cc(NC(=O)CSc2nnc(N3CCCCC3)n2Cc2ccco2)ccc1Br. The Balaban J connectivity index is 1.46. The summed E-state index contributed by atoms with van der Waals surface area (Å²) in [5, 5.41) is 12.5. The quantitative estimate of drug-likeness (QED) is 0.484. The van der Waals surface area contributed by atoms with Crippen LogP contribution in [0.3, 0.4) is 0 Å². The second-order valence-corrected chi connectivity index (χ2v) is 9.09. The van der Waals surface area contributed by atoms with E-state index in [1.165, 1.54) is 18.2 Å². The van der Waals surface area contributed by atoms with E-state index in [4.69, 9.17) is 4.42 Å². The highest BCUT2D eigenvalue weighted by Crippen LogP contribution is 2.26. The molecule has 3 aromatic rings. The van der Waals surface area contributed by atoms with Gasteiger partial charge in [-0.25, -0.2) is 0 Å². The molecule has 1 aromatic carbocycles. The molecule has 0 unspecified atom stereocenters. The summed E-state index contributed by atoms with van der Waals surface area (Å²) < 4.78 is 8.61. The molecule has 1 saturated heterocycles. The predicted octanol–water partition coefficient (Wildman–Crippen LogP) is 4.71. The minimum Gasteiger partial charge on any atom is -0.467 e. The molecular formula is C21H24BrN5O2S. The van der Waals surface area contributed by atoms with Crippen molar-refractivity contribution in [3.63, 3.8) is 0 Å². The van der Waals surface area contributed by atoms with Gasteiger partial charge in [-0.15, -0.1) is 10.2 Å². The van der Waals surface area contributed by atoms with E-state index in [1.807, 2.05) is 41.8 Å². The second-order valence-electron chi connectivity index (χ2n) is 7.30. The first-order chi connectivity index (χ1) is 14.6. The van der Waals surface area contributed by atoms with Gasteiger partial charge in [0.05, 0.1) is 18.6 Å². The van der Waals surface area contributed by atoms with Crippen LogP contribution in [0.25, 0.3) is 0 Å². The topological polar surface area (TPSA) is 76.2 Å². The minimum absolute atomic E-state index is 0.0752. The zero-order valence-electron chi connectivity index (χ0n) is 16.8. The van der Waals surface area contributed by atoms with E-state index in [0.29, 0.717) is 11.7 Å². The Bertz CT molecular complexity index is 999. The Kier molecular flexibility index (Phi) is 6.79. The normalized spacial score (nSPS) is 14.1. The number of thioether (sulfide) groups is 1. The fourth-order valence-corrected chi connectivity index (χ4v) is 4.44. The van der Waals surface area contributed by atoms with E-state index in [0.717, 1.165) is 53.4 Å². The summed E-state index contributed by atoms with van der Waals surface area (Å²) in [6.45, 7) is 4.49. The highest BCUT2D eigenvalue weighted by molar-refractivity contribution is 9.10. The fraction of sp³-hybridized carbons (Fsp3) is 0.381. The zero-order chi connectivity index (χ0) is 20.9. The molecule has 30 heavy (non-hydrogen) atoms. The lowest BCUT2D eigenvalue weighted by Gasteiger charge is -2.27. The molecule has 0 bridgehead atoms. The number of piperidine rings is 1. The average Bonchev–Trinajstić information content (AvgIpc) is 3.40. The van der Waals surface area contributed by atoms with E-state index < -0.39 is 0 Å². The molecule has 7 nitrogen and oxygen atoms in total. The van der Waals surface area contributed by atoms with Crippen LogP contribution in [0.4, 0.5) is 11.6 Å². The number of hydrogen-bond donors (Lipinski definition) is 1. The van der Waals surface area contributed by atoms with Crippen LogP contribution in [0.1, 0.15) is 30.6 Å². The first kappa shape index (κ1) is 21.0. The van der Waals surface area contributed by atoms with Gasteiger partial charge in [-0.1, -0.05) is 27.7 Å². The molecule has 0 saturated carbocycles. The predicted molar refractivity (Wildman–Crippen MR) is 122 cm³/mol. The van der Waals surface area contributed by atoms with Gasteiger partial charge in [-0.05, 0) is 62.1 Å². The number of aryl methyl sites for hydroxylation is 1. The number of aromatic nitrogens is 3. The number of rotatable bonds is 7. The third-order valence-electron chi connectivity index (χ3n) is 5.00. The van der Waals surface area contributed by atoms with Crippen LogP contribution < -0.4 is 10.2 Å². The lowest BCUT2D eigenvalue weighted by atomic mass is 10.1. The molecule has 4 rings (SSSR count). The van der Waals surface area contributed by atoms with E-state index >= 15 is 0 Å². The van der Waals surface area contributed by atoms with Crippen molar-refractivity contribution < 1.29 is 9.21 Å². The number of nitrogens with zero attached hydrogens (tertiary/aromatic N) is 4. The van der Waals surface area contributed by atoms with Gasteiger partial charge in [0.25, 0.3) is 0 Å². The molecular weight excluding hydrogens is 466 g/mol. The number of benzene rings is 1. The summed E-state index contributed by atoms with van der Waals surface area (Å²) in [5.41, 5.74) is 1.86. The Morgan fingerprint density at radius 2 is 2.07 bits per heavy atom. The lowest BCUT2D eigenvalue weighted by Crippen LogP contribution is -2.32. The van der Waals surface area contributed by atoms with Gasteiger partial charge < -0.3 is 14.6 Å². The number of carbonyl (C=O) groups excluding carboxylic acids is 1. The third kappa shape index (κ3) is 5.07. The first-order valence-corrected chi connectivity index (χ1v) is 11.8. The van der Waals surface area contributed by atoms with Crippen molar-refractivity contribution >= 4 is 45.2 Å². The fourth-order valence-electron chi connectivity index (χ4n) is 3.46. The zero-order valence-corrected chi connectivity index (χ0v) is 19.2. The molecule has 1 N–H and O–H groups in total. The highest BCUT2D eigenvalue weighted by atomic mass is 79.9. The Morgan fingerprint density at radius 1 is 1.23 bits per heavy atom. The molecule has 1 aliphatic rings. The van der Waals surface area contributed by atoms with Crippen LogP contribution in [-0.4, -0.2) is 39.5 Å². The van der Waals surface area contributed by atoms with Crippen molar-refractivity contribution in [1.29, 1.82) is 0 Å². The molecule has 2 aromatic heterocycles. The molecule has 0 spiro atoms. The Morgan fingerprint density at radius 3 is 2.80 bits per heavy atom. The Hall–Kier alpha value is -2.26. The molecule has 158 valence electrons. The van der Waals surface area contributed by atoms with Crippen molar-refractivity contribution in [3.05, 3.63) is 52.4 Å². The van der Waals surface area contributed by atoms with E-state index in [-0.39, 0.29) is 11.7 Å². The molecule has 0 atom stereocenters. The van der Waals surface area contributed by atoms with Crippen LogP contribution in [0.5, 0.6) is 0 Å². The third-order valence-corrected chi connectivity index (χ3v) is 6.86. The molecule has 9 heteroatoms. The summed E-state index contributed by atoms with van der Waals surface area (Å²) in [6, 6.07) is 9.58. The highest BCUT2D eigenvalue weighted by Gasteiger charge is 2.21. The number of amides is 1. The first-order valence-electron chi connectivity index (χ1n) is 9.99. The van der Waals surface area contributed by atoms with Gasteiger partial charge in [0.2, 0.25) is 11.9 Å². The Labute approximate surface area is 188 Å². The summed E-state index contributed by atoms with van der Waals surface area (Å²) in [6.07, 6.45) is 5.23. The maximum absolute atomic E-state index is 12.5. The molecule has 1 aliphatic heterocycles. The van der Waals surface area contributed by atoms with Gasteiger partial charge >= 0.3 is 0 Å². The summed E-state index contributed by atoms with van der Waals surface area (Å²) in [7, 11) is 0. The average molecular weight is 490 g/mol. The van der Waals surface area contributed by atoms with E-state index in [1.54, 1.807) is 6.26 Å². The maximum atomic E-state index is 12.5. The van der Waals surface area contributed by atoms with Gasteiger partial charge in [-0.2, -0.15) is 0 Å². The lowest BCUT2D eigenvalue weighted by molar-refractivity contribution is -0.113. The van der Waals surface area contributed by atoms with Crippen LogP contribution in [-0.2, 0) is 11.3 Å². The van der Waals surface area contributed by atoms with Gasteiger partial charge in [0.15, 0.2) is 5.16 Å². The summed E-state index contributed by atoms with van der Waals surface area (Å²) >= 11 is 4.87. The molecule has 1 amide bonds. The van der Waals surface area contributed by atoms with Gasteiger partial charge in [0.1, 0.15) is 5.76 Å². The molecule has 0 aliphatic carbocycles. The monoisotopic (exact) mass is 489 g/mol. The standard InChI is InChI=1S/C21H24BrN5O2S/c1-15-12-16(7-8-18(15)22)23-19(28)14-30-21-25-24-20(26-9-3-2-4-10-26)27(21)13-17-6-5-11-29-17/h5-8,11-12H,2-4,9-10,13-14H2,1H3,(H,23,28). The minimum atomic E-state index is -0.0752. The van der Waals surface area contributed by atoms with Gasteiger partial charge in [0, 0.05) is 23.2 Å². The molecule has 1 fully saturated rings. The summed E-state index contributed by atoms with van der Waals surface area (Å²) in [4.78, 5) is 14.8. The number of halogens is 1. The van der Waals surface area contributed by atoms with Crippen LogP contribution in [0.15, 0.2) is 50.6 Å². The summed E-state index contributed by atoms with van der Waals surface area (Å²) in [5.74, 6) is 1.86. The van der Waals surface area contributed by atoms with Crippen molar-refractivity contribution in [1.82, 2.24) is 14.8 Å². The van der Waals surface area contributed by atoms with Crippen molar-refractivity contribution in [2.75, 3.05) is 29.1 Å². The van der Waals surface area contributed by atoms with Crippen LogP contribution in [0, 0.1) is 6.92 Å². The van der Waals surface area contributed by atoms with Crippen molar-refractivity contribution in [2.45, 2.75) is 37.9 Å². The molecule has 3 heterocycles. The maximum Gasteiger partial charge on any atom is 0.234 e. The number of hydrogen-bond acceptors (Lipinski definition) is 6. The number of anilines is 2.